The Morgan fingerprint density at radius 3 is 2.64 bits per heavy atom. The highest BCUT2D eigenvalue weighted by Crippen LogP contribution is 2.24. The molecule has 0 atom stereocenters. The van der Waals surface area contributed by atoms with Crippen molar-refractivity contribution >= 4 is 33.4 Å². The van der Waals surface area contributed by atoms with Crippen molar-refractivity contribution in [3.8, 4) is 0 Å². The van der Waals surface area contributed by atoms with E-state index in [1.54, 1.807) is 0 Å². The van der Waals surface area contributed by atoms with Crippen LogP contribution in [0, 0.1) is 6.92 Å². The van der Waals surface area contributed by atoms with Crippen molar-refractivity contribution in [1.82, 2.24) is 10.1 Å². The average Bonchev–Trinajstić information content (AvgIpc) is 2.95. The first-order chi connectivity index (χ1) is 12.1. The van der Waals surface area contributed by atoms with Gasteiger partial charge in [-0.05, 0) is 55.3 Å². The lowest BCUT2D eigenvalue weighted by Crippen LogP contribution is -1.99. The molecule has 4 N–H and O–H groups in total. The maximum Gasteiger partial charge on any atom is 0.174 e. The highest BCUT2D eigenvalue weighted by atomic mass is 16.5. The number of rotatable bonds is 4. The van der Waals surface area contributed by atoms with Crippen LogP contribution in [-0.2, 0) is 12.8 Å². The maximum atomic E-state index is 6.11. The van der Waals surface area contributed by atoms with Gasteiger partial charge in [0.1, 0.15) is 5.82 Å². The molecule has 5 heteroatoms. The van der Waals surface area contributed by atoms with Gasteiger partial charge in [-0.1, -0.05) is 35.0 Å². The number of benzene rings is 2. The molecule has 5 nitrogen and oxygen atoms in total. The van der Waals surface area contributed by atoms with Gasteiger partial charge in [-0.2, -0.15) is 0 Å². The fraction of sp³-hybridized carbons (Fsp3) is 0.200. The van der Waals surface area contributed by atoms with E-state index in [0.717, 1.165) is 46.7 Å². The smallest absolute Gasteiger partial charge is 0.174 e. The van der Waals surface area contributed by atoms with Crippen molar-refractivity contribution in [2.24, 2.45) is 0 Å². The van der Waals surface area contributed by atoms with Crippen molar-refractivity contribution in [3.63, 3.8) is 0 Å². The molecule has 4 rings (SSSR count). The van der Waals surface area contributed by atoms with Gasteiger partial charge in [0, 0.05) is 11.1 Å². The molecule has 126 valence electrons. The molecule has 0 aliphatic carbocycles. The van der Waals surface area contributed by atoms with Crippen LogP contribution in [-0.4, -0.2) is 10.1 Å². The van der Waals surface area contributed by atoms with Crippen molar-refractivity contribution < 1.29 is 4.52 Å². The van der Waals surface area contributed by atoms with Crippen LogP contribution in [0.3, 0.4) is 0 Å². The first-order valence-electron chi connectivity index (χ1n) is 8.40. The van der Waals surface area contributed by atoms with Crippen molar-refractivity contribution in [3.05, 3.63) is 59.3 Å². The Labute approximate surface area is 145 Å². The molecular formula is C20H20N4O. The van der Waals surface area contributed by atoms with E-state index in [-0.39, 0.29) is 0 Å². The van der Waals surface area contributed by atoms with Crippen LogP contribution in [0.5, 0.6) is 0 Å². The third-order valence-electron chi connectivity index (χ3n) is 4.53. The lowest BCUT2D eigenvalue weighted by atomic mass is 10.0. The van der Waals surface area contributed by atoms with Gasteiger partial charge in [-0.15, -0.1) is 0 Å². The standard InChI is InChI=1S/C20H20N4O/c1-12-5-7-16-14(9-12)11-15(23-19(16)21)4-2-3-13-6-8-17-18(10-13)25-24-20(17)22/h5-11H,2-4H2,1H3,(H2,21,23)(H2,22,24). The van der Waals surface area contributed by atoms with Gasteiger partial charge < -0.3 is 16.0 Å². The summed E-state index contributed by atoms with van der Waals surface area (Å²) in [6.07, 6.45) is 2.80. The predicted octanol–water partition coefficient (Wildman–Crippen LogP) is 4.02. The molecule has 0 aliphatic rings. The Morgan fingerprint density at radius 1 is 0.920 bits per heavy atom. The fourth-order valence-corrected chi connectivity index (χ4v) is 3.22. The fourth-order valence-electron chi connectivity index (χ4n) is 3.22. The van der Waals surface area contributed by atoms with Crippen molar-refractivity contribution in [2.45, 2.75) is 26.2 Å². The van der Waals surface area contributed by atoms with Gasteiger partial charge in [0.05, 0.1) is 5.39 Å². The number of hydrogen-bond donors (Lipinski definition) is 2. The van der Waals surface area contributed by atoms with E-state index in [1.807, 2.05) is 18.2 Å². The molecule has 0 saturated carbocycles. The molecule has 4 aromatic rings. The number of anilines is 2. The minimum absolute atomic E-state index is 0.438. The second kappa shape index (κ2) is 6.09. The molecule has 0 spiro atoms. The van der Waals surface area contributed by atoms with Gasteiger partial charge in [-0.3, -0.25) is 0 Å². The second-order valence-electron chi connectivity index (χ2n) is 6.48. The number of aromatic nitrogens is 2. The highest BCUT2D eigenvalue weighted by Gasteiger charge is 2.07. The number of fused-ring (bicyclic) bond motifs is 2. The number of hydrogen-bond acceptors (Lipinski definition) is 5. The van der Waals surface area contributed by atoms with Gasteiger partial charge >= 0.3 is 0 Å². The van der Waals surface area contributed by atoms with Gasteiger partial charge in [0.2, 0.25) is 0 Å². The molecule has 0 amide bonds. The summed E-state index contributed by atoms with van der Waals surface area (Å²) >= 11 is 0. The minimum Gasteiger partial charge on any atom is -0.383 e. The monoisotopic (exact) mass is 332 g/mol. The summed E-state index contributed by atoms with van der Waals surface area (Å²) in [6.45, 7) is 2.09. The molecule has 0 unspecified atom stereocenters. The van der Waals surface area contributed by atoms with E-state index in [9.17, 15) is 0 Å². The van der Waals surface area contributed by atoms with E-state index in [0.29, 0.717) is 11.6 Å². The molecule has 0 fully saturated rings. The number of nitrogen functional groups attached to an aromatic ring is 2. The van der Waals surface area contributed by atoms with Gasteiger partial charge in [-0.25, -0.2) is 4.98 Å². The van der Waals surface area contributed by atoms with Crippen LogP contribution in [0.15, 0.2) is 47.0 Å². The molecule has 0 saturated heterocycles. The van der Waals surface area contributed by atoms with Gasteiger partial charge in [0.25, 0.3) is 0 Å². The van der Waals surface area contributed by atoms with E-state index >= 15 is 0 Å². The summed E-state index contributed by atoms with van der Waals surface area (Å²) in [5.74, 6) is 1.04. The zero-order valence-corrected chi connectivity index (χ0v) is 14.1. The summed E-state index contributed by atoms with van der Waals surface area (Å²) in [5, 5.41) is 6.82. The third-order valence-corrected chi connectivity index (χ3v) is 4.53. The Bertz CT molecular complexity index is 1070. The van der Waals surface area contributed by atoms with Crippen LogP contribution >= 0.6 is 0 Å². The van der Waals surface area contributed by atoms with E-state index in [2.05, 4.69) is 41.3 Å². The number of aryl methyl sites for hydroxylation is 3. The number of pyridine rings is 1. The molecular weight excluding hydrogens is 312 g/mol. The average molecular weight is 332 g/mol. The highest BCUT2D eigenvalue weighted by molar-refractivity contribution is 5.91. The quantitative estimate of drug-likeness (QED) is 0.589. The Morgan fingerprint density at radius 2 is 1.76 bits per heavy atom. The molecule has 25 heavy (non-hydrogen) atoms. The summed E-state index contributed by atoms with van der Waals surface area (Å²) in [5.41, 5.74) is 16.1. The zero-order valence-electron chi connectivity index (χ0n) is 14.1. The third kappa shape index (κ3) is 3.01. The molecule has 2 aromatic carbocycles. The minimum atomic E-state index is 0.438. The Hall–Kier alpha value is -3.08. The van der Waals surface area contributed by atoms with Crippen LogP contribution in [0.4, 0.5) is 11.6 Å². The van der Waals surface area contributed by atoms with E-state index in [1.165, 1.54) is 11.1 Å². The Kier molecular flexibility index (Phi) is 3.76. The van der Waals surface area contributed by atoms with Crippen LogP contribution in [0.1, 0.15) is 23.2 Å². The van der Waals surface area contributed by atoms with Crippen molar-refractivity contribution in [1.29, 1.82) is 0 Å². The van der Waals surface area contributed by atoms with Crippen LogP contribution < -0.4 is 11.5 Å². The van der Waals surface area contributed by atoms with E-state index in [4.69, 9.17) is 16.0 Å². The SMILES string of the molecule is Cc1ccc2c(N)nc(CCCc3ccc4c(N)noc4c3)cc2c1. The van der Waals surface area contributed by atoms with Crippen LogP contribution in [0.25, 0.3) is 21.7 Å². The van der Waals surface area contributed by atoms with Crippen molar-refractivity contribution in [2.75, 3.05) is 11.5 Å². The topological polar surface area (TPSA) is 91.0 Å². The lowest BCUT2D eigenvalue weighted by Gasteiger charge is -2.07. The molecule has 2 heterocycles. The zero-order chi connectivity index (χ0) is 17.4. The summed E-state index contributed by atoms with van der Waals surface area (Å²) in [6, 6.07) is 14.4. The largest absolute Gasteiger partial charge is 0.383 e. The summed E-state index contributed by atoms with van der Waals surface area (Å²) in [7, 11) is 0. The summed E-state index contributed by atoms with van der Waals surface area (Å²) in [4.78, 5) is 4.55. The first kappa shape index (κ1) is 15.4. The summed E-state index contributed by atoms with van der Waals surface area (Å²) < 4.78 is 5.23. The molecule has 0 aliphatic heterocycles. The molecule has 0 bridgehead atoms. The lowest BCUT2D eigenvalue weighted by molar-refractivity contribution is 0.460. The Balaban J connectivity index is 1.49. The molecule has 2 aromatic heterocycles. The van der Waals surface area contributed by atoms with Crippen LogP contribution in [0.2, 0.25) is 0 Å². The predicted molar refractivity (Wildman–Crippen MR) is 101 cm³/mol. The number of nitrogens with two attached hydrogens (primary N) is 2. The number of nitrogens with zero attached hydrogens (tertiary/aromatic N) is 2. The maximum absolute atomic E-state index is 6.11. The first-order valence-corrected chi connectivity index (χ1v) is 8.40. The normalized spacial score (nSPS) is 11.4. The van der Waals surface area contributed by atoms with Gasteiger partial charge in [0.15, 0.2) is 11.4 Å². The molecule has 0 radical (unpaired) electrons. The van der Waals surface area contributed by atoms with E-state index < -0.39 is 0 Å². The second-order valence-corrected chi connectivity index (χ2v) is 6.48.